The van der Waals surface area contributed by atoms with Gasteiger partial charge in [-0.05, 0) is 47.4 Å². The van der Waals surface area contributed by atoms with E-state index in [4.69, 9.17) is 4.74 Å². The predicted molar refractivity (Wildman–Crippen MR) is 119 cm³/mol. The molecule has 3 aromatic rings. The van der Waals surface area contributed by atoms with Gasteiger partial charge in [-0.25, -0.2) is 9.18 Å². The molecular weight excluding hydrogens is 391 g/mol. The average molecular weight is 416 g/mol. The van der Waals surface area contributed by atoms with Crippen molar-refractivity contribution < 1.29 is 13.9 Å². The van der Waals surface area contributed by atoms with Gasteiger partial charge in [-0.3, -0.25) is 4.98 Å². The zero-order chi connectivity index (χ0) is 21.8. The smallest absolute Gasteiger partial charge is 0.411 e. The third-order valence-electron chi connectivity index (χ3n) is 5.97. The van der Waals surface area contributed by atoms with Gasteiger partial charge in [-0.1, -0.05) is 48.5 Å². The Bertz CT molecular complexity index is 1050. The van der Waals surface area contributed by atoms with E-state index in [1.165, 1.54) is 12.1 Å². The topological polar surface area (TPSA) is 42.4 Å². The first-order valence-corrected chi connectivity index (χ1v) is 10.4. The summed E-state index contributed by atoms with van der Waals surface area (Å²) in [5.41, 5.74) is 3.13. The van der Waals surface area contributed by atoms with Crippen LogP contribution in [0.3, 0.4) is 0 Å². The van der Waals surface area contributed by atoms with Crippen molar-refractivity contribution in [3.63, 3.8) is 0 Å². The molecule has 4 rings (SSSR count). The van der Waals surface area contributed by atoms with E-state index in [2.05, 4.69) is 11.6 Å². The average Bonchev–Trinajstić information content (AvgIpc) is 2.80. The Hall–Kier alpha value is -3.47. The fourth-order valence-electron chi connectivity index (χ4n) is 4.14. The number of cyclic esters (lactones) is 1. The van der Waals surface area contributed by atoms with Crippen LogP contribution in [0.25, 0.3) is 11.1 Å². The monoisotopic (exact) mass is 416 g/mol. The van der Waals surface area contributed by atoms with Gasteiger partial charge in [0.15, 0.2) is 0 Å². The molecule has 31 heavy (non-hydrogen) atoms. The molecule has 5 heteroatoms. The predicted octanol–water partition coefficient (Wildman–Crippen LogP) is 6.26. The van der Waals surface area contributed by atoms with Gasteiger partial charge in [0.05, 0.1) is 6.04 Å². The number of rotatable bonds is 6. The molecule has 1 aromatic heterocycles. The number of carbonyl (C=O) groups excluding carboxylic acids is 1. The number of nitrogens with zero attached hydrogens (tertiary/aromatic N) is 2. The van der Waals surface area contributed by atoms with E-state index in [0.717, 1.165) is 22.3 Å². The second-order valence-corrected chi connectivity index (χ2v) is 7.85. The Balaban J connectivity index is 1.52. The maximum atomic E-state index is 13.4. The molecule has 0 radical (unpaired) electrons. The number of hydrogen-bond acceptors (Lipinski definition) is 3. The molecule has 1 aliphatic rings. The molecule has 2 heterocycles. The van der Waals surface area contributed by atoms with Gasteiger partial charge < -0.3 is 9.64 Å². The number of benzene rings is 2. The number of amides is 1. The van der Waals surface area contributed by atoms with Gasteiger partial charge in [-0.15, -0.1) is 6.58 Å². The highest BCUT2D eigenvalue weighted by Gasteiger charge is 2.42. The normalized spacial score (nSPS) is 19.5. The highest BCUT2D eigenvalue weighted by molar-refractivity contribution is 5.70. The van der Waals surface area contributed by atoms with Crippen LogP contribution < -0.4 is 0 Å². The van der Waals surface area contributed by atoms with Gasteiger partial charge >= 0.3 is 6.09 Å². The van der Waals surface area contributed by atoms with Gasteiger partial charge in [-0.2, -0.15) is 0 Å². The minimum atomic E-state index is -0.813. The summed E-state index contributed by atoms with van der Waals surface area (Å²) in [5.74, 6) is -0.315. The third kappa shape index (κ3) is 4.22. The first kappa shape index (κ1) is 20.8. The van der Waals surface area contributed by atoms with E-state index in [-0.39, 0.29) is 18.0 Å². The number of halogens is 1. The lowest BCUT2D eigenvalue weighted by molar-refractivity contribution is -0.0588. The fraction of sp³-hybridized carbons (Fsp3) is 0.231. The number of carbonyl (C=O) groups is 1. The van der Waals surface area contributed by atoms with Crippen LogP contribution in [0, 0.1) is 5.82 Å². The largest absolute Gasteiger partial charge is 0.437 e. The van der Waals surface area contributed by atoms with Crippen LogP contribution in [0.5, 0.6) is 0 Å². The number of pyridine rings is 1. The molecule has 1 fully saturated rings. The summed E-state index contributed by atoms with van der Waals surface area (Å²) in [6.07, 6.45) is 6.03. The van der Waals surface area contributed by atoms with Crippen molar-refractivity contribution in [2.45, 2.75) is 31.4 Å². The summed E-state index contributed by atoms with van der Waals surface area (Å²) in [6.45, 7) is 6.36. The molecule has 0 unspecified atom stereocenters. The van der Waals surface area contributed by atoms with Crippen LogP contribution in [-0.4, -0.2) is 22.5 Å². The summed E-state index contributed by atoms with van der Waals surface area (Å²) in [6, 6.07) is 18.1. The molecule has 0 bridgehead atoms. The Morgan fingerprint density at radius 3 is 2.52 bits per heavy atom. The van der Waals surface area contributed by atoms with E-state index in [1.54, 1.807) is 29.3 Å². The molecule has 0 N–H and O–H groups in total. The van der Waals surface area contributed by atoms with Crippen LogP contribution in [0.4, 0.5) is 9.18 Å². The second kappa shape index (κ2) is 8.72. The molecule has 1 saturated heterocycles. The minimum Gasteiger partial charge on any atom is -0.437 e. The summed E-state index contributed by atoms with van der Waals surface area (Å²) >= 11 is 0. The van der Waals surface area contributed by atoms with E-state index in [1.807, 2.05) is 49.5 Å². The Labute approximate surface area is 182 Å². The van der Waals surface area contributed by atoms with Crippen LogP contribution in [-0.2, 0) is 10.3 Å². The van der Waals surface area contributed by atoms with Crippen molar-refractivity contribution >= 4 is 6.09 Å². The number of aromatic nitrogens is 1. The van der Waals surface area contributed by atoms with Gasteiger partial charge in [0.25, 0.3) is 0 Å². The van der Waals surface area contributed by atoms with E-state index in [0.29, 0.717) is 19.4 Å². The first-order valence-electron chi connectivity index (χ1n) is 10.4. The molecule has 0 saturated carbocycles. The fourth-order valence-corrected chi connectivity index (χ4v) is 4.14. The number of hydrogen-bond donors (Lipinski definition) is 0. The molecule has 0 aliphatic carbocycles. The van der Waals surface area contributed by atoms with Gasteiger partial charge in [0.2, 0.25) is 0 Å². The molecular formula is C26H25FN2O2. The van der Waals surface area contributed by atoms with E-state index < -0.39 is 5.60 Å². The lowest BCUT2D eigenvalue weighted by atomic mass is 9.85. The lowest BCUT2D eigenvalue weighted by Crippen LogP contribution is -2.48. The third-order valence-corrected chi connectivity index (χ3v) is 5.97. The van der Waals surface area contributed by atoms with Gasteiger partial charge in [0.1, 0.15) is 11.4 Å². The van der Waals surface area contributed by atoms with Crippen molar-refractivity contribution in [3.8, 4) is 11.1 Å². The van der Waals surface area contributed by atoms with Crippen LogP contribution in [0.2, 0.25) is 0 Å². The second-order valence-electron chi connectivity index (χ2n) is 7.85. The Kier molecular flexibility index (Phi) is 5.85. The summed E-state index contributed by atoms with van der Waals surface area (Å²) in [7, 11) is 0. The van der Waals surface area contributed by atoms with E-state index in [9.17, 15) is 9.18 Å². The van der Waals surface area contributed by atoms with E-state index >= 15 is 0 Å². The number of ether oxygens (including phenoxy) is 1. The first-order chi connectivity index (χ1) is 15.0. The molecule has 1 aliphatic heterocycles. The summed E-state index contributed by atoms with van der Waals surface area (Å²) in [4.78, 5) is 18.9. The maximum absolute atomic E-state index is 13.4. The van der Waals surface area contributed by atoms with Crippen molar-refractivity contribution in [1.82, 2.24) is 9.88 Å². The summed E-state index contributed by atoms with van der Waals surface area (Å²) in [5, 5.41) is 0. The van der Waals surface area contributed by atoms with Gasteiger partial charge in [0, 0.05) is 31.8 Å². The lowest BCUT2D eigenvalue weighted by Gasteiger charge is -2.43. The molecule has 0 spiro atoms. The van der Waals surface area contributed by atoms with Crippen LogP contribution in [0.1, 0.15) is 36.9 Å². The summed E-state index contributed by atoms with van der Waals surface area (Å²) < 4.78 is 19.4. The van der Waals surface area contributed by atoms with Crippen molar-refractivity contribution in [3.05, 3.63) is 103 Å². The van der Waals surface area contributed by atoms with Crippen molar-refractivity contribution in [2.75, 3.05) is 6.54 Å². The molecule has 1 amide bonds. The highest BCUT2D eigenvalue weighted by Crippen LogP contribution is 2.40. The van der Waals surface area contributed by atoms with Crippen LogP contribution >= 0.6 is 0 Å². The highest BCUT2D eigenvalue weighted by atomic mass is 19.1. The zero-order valence-electron chi connectivity index (χ0n) is 17.5. The standard InChI is InChI=1S/C26H25FN2O2/c1-3-14-26(23-10-12-24(27)13-11-23)15-17-29(25(30)31-26)19(2)20-6-8-21(9-7-20)22-5-4-16-28-18-22/h3-13,16,18-19H,1,14-15,17H2,2H3/t19-,26+/m0/s1. The Morgan fingerprint density at radius 1 is 1.16 bits per heavy atom. The van der Waals surface area contributed by atoms with Crippen LogP contribution in [0.15, 0.2) is 85.7 Å². The van der Waals surface area contributed by atoms with Crippen molar-refractivity contribution in [1.29, 1.82) is 0 Å². The molecule has 158 valence electrons. The molecule has 2 aromatic carbocycles. The molecule has 2 atom stereocenters. The van der Waals surface area contributed by atoms with Crippen molar-refractivity contribution in [2.24, 2.45) is 0 Å². The zero-order valence-corrected chi connectivity index (χ0v) is 17.5. The minimum absolute atomic E-state index is 0.134. The maximum Gasteiger partial charge on any atom is 0.411 e. The SMILES string of the molecule is C=CC[C@]1(c2ccc(F)cc2)CCN([C@@H](C)c2ccc(-c3cccnc3)cc2)C(=O)O1. The molecule has 4 nitrogen and oxygen atoms in total. The Morgan fingerprint density at radius 2 is 1.90 bits per heavy atom. The quantitative estimate of drug-likeness (QED) is 0.445.